The number of ether oxygens (including phenoxy) is 2. The van der Waals surface area contributed by atoms with Crippen LogP contribution in [0.4, 0.5) is 11.4 Å². The van der Waals surface area contributed by atoms with E-state index in [9.17, 15) is 9.59 Å². The number of rotatable bonds is 8. The number of halogens is 1. The lowest BCUT2D eigenvalue weighted by molar-refractivity contribution is -0.115. The van der Waals surface area contributed by atoms with Crippen molar-refractivity contribution in [1.82, 2.24) is 0 Å². The Morgan fingerprint density at radius 2 is 1.88 bits per heavy atom. The molecule has 7 heteroatoms. The van der Waals surface area contributed by atoms with Crippen LogP contribution in [0, 0.1) is 0 Å². The molecule has 0 aromatic heterocycles. The summed E-state index contributed by atoms with van der Waals surface area (Å²) in [5.74, 6) is 0.0194. The largest absolute Gasteiger partial charge is 0.492 e. The highest BCUT2D eigenvalue weighted by molar-refractivity contribution is 6.33. The van der Waals surface area contributed by atoms with Gasteiger partial charge in [0.15, 0.2) is 0 Å². The van der Waals surface area contributed by atoms with Gasteiger partial charge in [0, 0.05) is 13.0 Å². The van der Waals surface area contributed by atoms with Gasteiger partial charge in [-0.25, -0.2) is 4.79 Å². The molecule has 2 N–H and O–H groups in total. The third-order valence-electron chi connectivity index (χ3n) is 3.52. The van der Waals surface area contributed by atoms with Crippen LogP contribution >= 0.6 is 11.6 Å². The number of methoxy groups -OCH3 is 1. The molecule has 138 valence electrons. The molecule has 2 aromatic rings. The molecule has 2 rings (SSSR count). The lowest BCUT2D eigenvalue weighted by atomic mass is 10.2. The molecule has 0 saturated carbocycles. The average molecular weight is 377 g/mol. The second kappa shape index (κ2) is 9.68. The van der Waals surface area contributed by atoms with Gasteiger partial charge in [-0.2, -0.15) is 0 Å². The van der Waals surface area contributed by atoms with Gasteiger partial charge in [-0.05, 0) is 37.3 Å². The molecule has 1 amide bonds. The quantitative estimate of drug-likeness (QED) is 0.682. The molecule has 0 bridgehead atoms. The molecule has 0 saturated heterocycles. The second-order valence-electron chi connectivity index (χ2n) is 5.34. The molecule has 0 radical (unpaired) electrons. The summed E-state index contributed by atoms with van der Waals surface area (Å²) >= 11 is 6.07. The first-order valence-corrected chi connectivity index (χ1v) is 8.56. The maximum absolute atomic E-state index is 12.2. The van der Waals surface area contributed by atoms with Gasteiger partial charge >= 0.3 is 5.97 Å². The van der Waals surface area contributed by atoms with Crippen LogP contribution in [0.3, 0.4) is 0 Å². The minimum absolute atomic E-state index is 0.221. The van der Waals surface area contributed by atoms with Gasteiger partial charge in [-0.3, -0.25) is 4.79 Å². The number of amides is 1. The Hall–Kier alpha value is -2.73. The number of carbonyl (C=O) groups is 2. The molecular formula is C19H21ClN2O4. The number of carbonyl (C=O) groups excluding carboxylic acids is 2. The van der Waals surface area contributed by atoms with E-state index in [4.69, 9.17) is 16.3 Å². The Morgan fingerprint density at radius 1 is 1.12 bits per heavy atom. The lowest BCUT2D eigenvalue weighted by Gasteiger charge is -2.12. The SMILES string of the molecule is CCOc1ccccc1NCCC(=O)Nc1cc(C(=O)OC)ccc1Cl. The fourth-order valence-electron chi connectivity index (χ4n) is 2.28. The summed E-state index contributed by atoms with van der Waals surface area (Å²) in [6.45, 7) is 2.90. The summed E-state index contributed by atoms with van der Waals surface area (Å²) < 4.78 is 10.2. The van der Waals surface area contributed by atoms with E-state index in [1.807, 2.05) is 31.2 Å². The lowest BCUT2D eigenvalue weighted by Crippen LogP contribution is -2.17. The van der Waals surface area contributed by atoms with E-state index in [2.05, 4.69) is 15.4 Å². The fourth-order valence-corrected chi connectivity index (χ4v) is 2.45. The van der Waals surface area contributed by atoms with Gasteiger partial charge in [0.25, 0.3) is 0 Å². The van der Waals surface area contributed by atoms with E-state index in [0.717, 1.165) is 11.4 Å². The smallest absolute Gasteiger partial charge is 0.337 e. The van der Waals surface area contributed by atoms with Gasteiger partial charge in [0.05, 0.1) is 35.7 Å². The molecule has 0 aliphatic rings. The third kappa shape index (κ3) is 5.39. The second-order valence-corrected chi connectivity index (χ2v) is 5.75. The van der Waals surface area contributed by atoms with Crippen molar-refractivity contribution in [2.45, 2.75) is 13.3 Å². The van der Waals surface area contributed by atoms with Crippen LogP contribution in [0.2, 0.25) is 5.02 Å². The number of esters is 1. The first kappa shape index (κ1) is 19.6. The van der Waals surface area contributed by atoms with Gasteiger partial charge < -0.3 is 20.1 Å². The highest BCUT2D eigenvalue weighted by Gasteiger charge is 2.11. The molecule has 0 aliphatic carbocycles. The molecule has 0 heterocycles. The molecule has 0 spiro atoms. The molecule has 0 atom stereocenters. The van der Waals surface area contributed by atoms with E-state index < -0.39 is 5.97 Å². The monoisotopic (exact) mass is 376 g/mol. The Labute approximate surface area is 157 Å². The highest BCUT2D eigenvalue weighted by atomic mass is 35.5. The van der Waals surface area contributed by atoms with Crippen molar-refractivity contribution < 1.29 is 19.1 Å². The normalized spacial score (nSPS) is 10.1. The number of hydrogen-bond acceptors (Lipinski definition) is 5. The molecule has 6 nitrogen and oxygen atoms in total. The van der Waals surface area contributed by atoms with Crippen molar-refractivity contribution in [2.75, 3.05) is 30.9 Å². The predicted octanol–water partition coefficient (Wildman–Crippen LogP) is 3.97. The van der Waals surface area contributed by atoms with Crippen LogP contribution in [0.25, 0.3) is 0 Å². The summed E-state index contributed by atoms with van der Waals surface area (Å²) in [6.07, 6.45) is 0.221. The van der Waals surface area contributed by atoms with E-state index in [1.165, 1.54) is 19.2 Å². The topological polar surface area (TPSA) is 76.7 Å². The van der Waals surface area contributed by atoms with Crippen LogP contribution in [0.5, 0.6) is 5.75 Å². The van der Waals surface area contributed by atoms with E-state index in [0.29, 0.717) is 29.4 Å². The third-order valence-corrected chi connectivity index (χ3v) is 3.85. The summed E-state index contributed by atoms with van der Waals surface area (Å²) in [4.78, 5) is 23.7. The van der Waals surface area contributed by atoms with Gasteiger partial charge in [0.2, 0.25) is 5.91 Å². The van der Waals surface area contributed by atoms with Crippen LogP contribution in [0.1, 0.15) is 23.7 Å². The summed E-state index contributed by atoms with van der Waals surface area (Å²) in [6, 6.07) is 12.1. The van der Waals surface area contributed by atoms with Gasteiger partial charge in [0.1, 0.15) is 5.75 Å². The Balaban J connectivity index is 1.92. The van der Waals surface area contributed by atoms with Crippen molar-refractivity contribution >= 4 is 34.9 Å². The maximum atomic E-state index is 12.2. The molecule has 0 unspecified atom stereocenters. The van der Waals surface area contributed by atoms with Crippen molar-refractivity contribution in [2.24, 2.45) is 0 Å². The van der Waals surface area contributed by atoms with Crippen molar-refractivity contribution in [3.8, 4) is 5.75 Å². The first-order valence-electron chi connectivity index (χ1n) is 8.18. The highest BCUT2D eigenvalue weighted by Crippen LogP contribution is 2.25. The number of para-hydroxylation sites is 2. The summed E-state index contributed by atoms with van der Waals surface area (Å²) in [5, 5.41) is 6.23. The van der Waals surface area contributed by atoms with Crippen molar-refractivity contribution in [1.29, 1.82) is 0 Å². The zero-order chi connectivity index (χ0) is 18.9. The van der Waals surface area contributed by atoms with Crippen LogP contribution < -0.4 is 15.4 Å². The van der Waals surface area contributed by atoms with E-state index >= 15 is 0 Å². The van der Waals surface area contributed by atoms with Crippen LogP contribution in [-0.4, -0.2) is 32.1 Å². The van der Waals surface area contributed by atoms with Crippen LogP contribution in [-0.2, 0) is 9.53 Å². The molecule has 0 fully saturated rings. The summed E-state index contributed by atoms with van der Waals surface area (Å²) in [5.41, 5.74) is 1.51. The molecular weight excluding hydrogens is 356 g/mol. The maximum Gasteiger partial charge on any atom is 0.337 e. The van der Waals surface area contributed by atoms with Crippen molar-refractivity contribution in [3.05, 3.63) is 53.1 Å². The minimum Gasteiger partial charge on any atom is -0.492 e. The number of hydrogen-bond donors (Lipinski definition) is 2. The average Bonchev–Trinajstić information content (AvgIpc) is 2.64. The molecule has 2 aromatic carbocycles. The molecule has 26 heavy (non-hydrogen) atoms. The van der Waals surface area contributed by atoms with Crippen LogP contribution in [0.15, 0.2) is 42.5 Å². The van der Waals surface area contributed by atoms with Crippen molar-refractivity contribution in [3.63, 3.8) is 0 Å². The fraction of sp³-hybridized carbons (Fsp3) is 0.263. The summed E-state index contributed by atoms with van der Waals surface area (Å²) in [7, 11) is 1.29. The van der Waals surface area contributed by atoms with E-state index in [-0.39, 0.29) is 12.3 Å². The van der Waals surface area contributed by atoms with Gasteiger partial charge in [-0.1, -0.05) is 23.7 Å². The minimum atomic E-state index is -0.494. The molecule has 0 aliphatic heterocycles. The number of anilines is 2. The Morgan fingerprint density at radius 3 is 2.62 bits per heavy atom. The number of benzene rings is 2. The first-order chi connectivity index (χ1) is 12.5. The number of nitrogens with one attached hydrogen (secondary N) is 2. The van der Waals surface area contributed by atoms with E-state index in [1.54, 1.807) is 6.07 Å². The zero-order valence-electron chi connectivity index (χ0n) is 14.7. The Kier molecular flexibility index (Phi) is 7.29. The standard InChI is InChI=1S/C19H21ClN2O4/c1-3-26-17-7-5-4-6-15(17)21-11-10-18(23)22-16-12-13(19(24)25-2)8-9-14(16)20/h4-9,12,21H,3,10-11H2,1-2H3,(H,22,23). The van der Waals surface area contributed by atoms with Gasteiger partial charge in [-0.15, -0.1) is 0 Å². The Bertz CT molecular complexity index is 780. The zero-order valence-corrected chi connectivity index (χ0v) is 15.4. The predicted molar refractivity (Wildman–Crippen MR) is 102 cm³/mol.